The molecular formula is C21H20ClN3O4S. The van der Waals surface area contributed by atoms with Crippen molar-refractivity contribution in [2.24, 2.45) is 0 Å². The summed E-state index contributed by atoms with van der Waals surface area (Å²) in [6, 6.07) is 8.79. The molecule has 0 aliphatic heterocycles. The quantitative estimate of drug-likeness (QED) is 0.576. The van der Waals surface area contributed by atoms with E-state index in [0.717, 1.165) is 28.2 Å². The molecule has 0 aliphatic carbocycles. The maximum atomic E-state index is 13.1. The van der Waals surface area contributed by atoms with Crippen molar-refractivity contribution >= 4 is 39.9 Å². The Bertz CT molecular complexity index is 1150. The number of carbonyl (C=O) groups excluding carboxylic acids is 1. The highest BCUT2D eigenvalue weighted by Gasteiger charge is 2.19. The third kappa shape index (κ3) is 4.95. The highest BCUT2D eigenvalue weighted by Crippen LogP contribution is 2.18. The molecule has 0 saturated carbocycles. The number of amides is 1. The van der Waals surface area contributed by atoms with Crippen molar-refractivity contribution in [1.29, 1.82) is 0 Å². The molecule has 9 heteroatoms. The summed E-state index contributed by atoms with van der Waals surface area (Å²) in [4.78, 5) is 40.8. The highest BCUT2D eigenvalue weighted by atomic mass is 35.5. The third-order valence-corrected chi connectivity index (χ3v) is 5.61. The van der Waals surface area contributed by atoms with Gasteiger partial charge in [0.05, 0.1) is 18.7 Å². The minimum Gasteiger partial charge on any atom is -0.481 e. The van der Waals surface area contributed by atoms with Crippen molar-refractivity contribution in [1.82, 2.24) is 9.55 Å². The Morgan fingerprint density at radius 3 is 2.60 bits per heavy atom. The topological polar surface area (TPSA) is 101 Å². The van der Waals surface area contributed by atoms with E-state index in [1.807, 2.05) is 26.0 Å². The van der Waals surface area contributed by atoms with Crippen LogP contribution in [-0.4, -0.2) is 26.5 Å². The van der Waals surface area contributed by atoms with E-state index < -0.39 is 17.4 Å². The van der Waals surface area contributed by atoms with E-state index in [1.54, 1.807) is 28.1 Å². The van der Waals surface area contributed by atoms with Crippen LogP contribution in [0, 0.1) is 6.92 Å². The maximum Gasteiger partial charge on any atom is 0.309 e. The molecule has 30 heavy (non-hydrogen) atoms. The van der Waals surface area contributed by atoms with Gasteiger partial charge in [0.25, 0.3) is 11.5 Å². The Hall–Kier alpha value is -2.97. The standard InChI is InChI=1S/C21H20ClN3O4S/c1-3-17-12(2)8-16(19(28)24-21-23-15(11-30-21)9-18(26)27)20(29)25(17)10-13-4-6-14(22)7-5-13/h4-8,11H,3,9-10H2,1-2H3,(H,26,27)(H,23,24,28). The monoisotopic (exact) mass is 445 g/mol. The van der Waals surface area contributed by atoms with Crippen LogP contribution in [0.3, 0.4) is 0 Å². The van der Waals surface area contributed by atoms with Crippen LogP contribution in [0.25, 0.3) is 0 Å². The number of halogens is 1. The summed E-state index contributed by atoms with van der Waals surface area (Å²) in [5.41, 5.74) is 2.54. The van der Waals surface area contributed by atoms with Gasteiger partial charge in [0.1, 0.15) is 5.56 Å². The van der Waals surface area contributed by atoms with E-state index in [2.05, 4.69) is 10.3 Å². The summed E-state index contributed by atoms with van der Waals surface area (Å²) in [6.45, 7) is 4.14. The summed E-state index contributed by atoms with van der Waals surface area (Å²) in [5.74, 6) is -1.58. The van der Waals surface area contributed by atoms with Crippen molar-refractivity contribution in [2.75, 3.05) is 5.32 Å². The number of rotatable bonds is 7. The molecule has 0 spiro atoms. The number of hydrogen-bond acceptors (Lipinski definition) is 5. The summed E-state index contributed by atoms with van der Waals surface area (Å²) in [6.07, 6.45) is 0.409. The second-order valence-corrected chi connectivity index (χ2v) is 8.02. The molecule has 7 nitrogen and oxygen atoms in total. The van der Waals surface area contributed by atoms with Crippen LogP contribution in [0.5, 0.6) is 0 Å². The SMILES string of the molecule is CCc1c(C)cc(C(=O)Nc2nc(CC(=O)O)cs2)c(=O)n1Cc1ccc(Cl)cc1. The predicted molar refractivity (Wildman–Crippen MR) is 117 cm³/mol. The fourth-order valence-corrected chi connectivity index (χ4v) is 4.01. The molecule has 3 rings (SSSR count). The number of nitrogens with one attached hydrogen (secondary N) is 1. The van der Waals surface area contributed by atoms with Gasteiger partial charge in [-0.3, -0.25) is 19.7 Å². The van der Waals surface area contributed by atoms with Gasteiger partial charge in [0, 0.05) is 16.1 Å². The number of aromatic nitrogens is 2. The van der Waals surface area contributed by atoms with Gasteiger partial charge >= 0.3 is 5.97 Å². The molecule has 0 aliphatic rings. The number of thiazole rings is 1. The zero-order valence-corrected chi connectivity index (χ0v) is 18.0. The van der Waals surface area contributed by atoms with Crippen molar-refractivity contribution in [3.05, 3.63) is 79.2 Å². The molecule has 2 N–H and O–H groups in total. The van der Waals surface area contributed by atoms with E-state index >= 15 is 0 Å². The van der Waals surface area contributed by atoms with Crippen molar-refractivity contribution in [3.63, 3.8) is 0 Å². The van der Waals surface area contributed by atoms with Crippen LogP contribution in [0.2, 0.25) is 5.02 Å². The van der Waals surface area contributed by atoms with Gasteiger partial charge in [-0.25, -0.2) is 4.98 Å². The van der Waals surface area contributed by atoms with Crippen LogP contribution in [0.15, 0.2) is 40.5 Å². The lowest BCUT2D eigenvalue weighted by molar-refractivity contribution is -0.136. The number of aliphatic carboxylic acids is 1. The molecule has 0 unspecified atom stereocenters. The smallest absolute Gasteiger partial charge is 0.309 e. The average molecular weight is 446 g/mol. The summed E-state index contributed by atoms with van der Waals surface area (Å²) in [7, 11) is 0. The van der Waals surface area contributed by atoms with Crippen LogP contribution in [-0.2, 0) is 24.2 Å². The summed E-state index contributed by atoms with van der Waals surface area (Å²) in [5, 5.41) is 13.9. The number of pyridine rings is 1. The molecule has 0 bridgehead atoms. The number of aryl methyl sites for hydroxylation is 1. The first-order valence-corrected chi connectivity index (χ1v) is 10.5. The fraction of sp³-hybridized carbons (Fsp3) is 0.238. The second-order valence-electron chi connectivity index (χ2n) is 6.73. The zero-order valence-electron chi connectivity index (χ0n) is 16.4. The Labute approximate surface area is 182 Å². The van der Waals surface area contributed by atoms with E-state index in [1.165, 1.54) is 0 Å². The van der Waals surface area contributed by atoms with Crippen LogP contribution >= 0.6 is 22.9 Å². The molecule has 0 fully saturated rings. The predicted octanol–water partition coefficient (Wildman–Crippen LogP) is 3.76. The first-order valence-electron chi connectivity index (χ1n) is 9.23. The van der Waals surface area contributed by atoms with E-state index in [-0.39, 0.29) is 17.1 Å². The minimum absolute atomic E-state index is 0.00801. The van der Waals surface area contributed by atoms with E-state index in [4.69, 9.17) is 16.7 Å². The number of hydrogen-bond donors (Lipinski definition) is 2. The second kappa shape index (κ2) is 9.23. The Morgan fingerprint density at radius 2 is 1.97 bits per heavy atom. The van der Waals surface area contributed by atoms with Gasteiger partial charge < -0.3 is 9.67 Å². The molecule has 156 valence electrons. The molecule has 2 heterocycles. The molecule has 2 aromatic heterocycles. The van der Waals surface area contributed by atoms with Gasteiger partial charge in [-0.1, -0.05) is 30.7 Å². The number of carboxylic acids is 1. The number of carboxylic acid groups (broad SMARTS) is 1. The highest BCUT2D eigenvalue weighted by molar-refractivity contribution is 7.14. The van der Waals surface area contributed by atoms with E-state index in [9.17, 15) is 14.4 Å². The number of benzene rings is 1. The van der Waals surface area contributed by atoms with Crippen molar-refractivity contribution < 1.29 is 14.7 Å². The van der Waals surface area contributed by atoms with Crippen LogP contribution < -0.4 is 10.9 Å². The molecule has 1 amide bonds. The molecule has 1 aromatic carbocycles. The number of carbonyl (C=O) groups is 2. The number of nitrogens with zero attached hydrogens (tertiary/aromatic N) is 2. The lowest BCUT2D eigenvalue weighted by atomic mass is 10.1. The Balaban J connectivity index is 1.92. The van der Waals surface area contributed by atoms with Crippen LogP contribution in [0.1, 0.15) is 39.8 Å². The lowest BCUT2D eigenvalue weighted by Crippen LogP contribution is -2.32. The van der Waals surface area contributed by atoms with Crippen LogP contribution in [0.4, 0.5) is 5.13 Å². The molecule has 3 aromatic rings. The molecule has 0 saturated heterocycles. The van der Waals surface area contributed by atoms with Crippen molar-refractivity contribution in [3.8, 4) is 0 Å². The summed E-state index contributed by atoms with van der Waals surface area (Å²) < 4.78 is 1.60. The first-order chi connectivity index (χ1) is 14.3. The Kier molecular flexibility index (Phi) is 6.69. The average Bonchev–Trinajstić information content (AvgIpc) is 3.12. The third-order valence-electron chi connectivity index (χ3n) is 4.56. The van der Waals surface area contributed by atoms with Gasteiger partial charge in [-0.2, -0.15) is 0 Å². The number of anilines is 1. The molecule has 0 radical (unpaired) electrons. The van der Waals surface area contributed by atoms with Gasteiger partial charge in [-0.05, 0) is 42.7 Å². The fourth-order valence-electron chi connectivity index (χ4n) is 3.18. The molecule has 0 atom stereocenters. The maximum absolute atomic E-state index is 13.1. The normalized spacial score (nSPS) is 10.8. The van der Waals surface area contributed by atoms with Gasteiger partial charge in [0.2, 0.25) is 0 Å². The Morgan fingerprint density at radius 1 is 1.27 bits per heavy atom. The van der Waals surface area contributed by atoms with E-state index in [0.29, 0.717) is 23.7 Å². The largest absolute Gasteiger partial charge is 0.481 e. The molecular weight excluding hydrogens is 426 g/mol. The first kappa shape index (κ1) is 21.7. The zero-order chi connectivity index (χ0) is 21.8. The summed E-state index contributed by atoms with van der Waals surface area (Å²) >= 11 is 7.06. The van der Waals surface area contributed by atoms with Crippen molar-refractivity contribution in [2.45, 2.75) is 33.2 Å². The minimum atomic E-state index is -1.01. The van der Waals surface area contributed by atoms with Gasteiger partial charge in [0.15, 0.2) is 5.13 Å². The lowest BCUT2D eigenvalue weighted by Gasteiger charge is -2.16. The van der Waals surface area contributed by atoms with Gasteiger partial charge in [-0.15, -0.1) is 11.3 Å².